The van der Waals surface area contributed by atoms with E-state index in [0.717, 1.165) is 31.6 Å². The number of aromatic nitrogens is 1. The number of aromatic carboxylic acids is 1. The number of nitrogens with zero attached hydrogens (tertiary/aromatic N) is 2. The fraction of sp³-hybridized carbons (Fsp3) is 0.294. The van der Waals surface area contributed by atoms with Crippen molar-refractivity contribution in [2.24, 2.45) is 0 Å². The van der Waals surface area contributed by atoms with Gasteiger partial charge >= 0.3 is 5.97 Å². The molecule has 0 saturated heterocycles. The molecule has 3 rings (SSSR count). The Morgan fingerprint density at radius 1 is 1.05 bits per heavy atom. The molecule has 4 nitrogen and oxygen atoms in total. The van der Waals surface area contributed by atoms with Gasteiger partial charge in [-0.1, -0.05) is 30.3 Å². The van der Waals surface area contributed by atoms with E-state index in [-0.39, 0.29) is 5.69 Å². The molecule has 0 saturated carbocycles. The average Bonchev–Trinajstić information content (AvgIpc) is 2.70. The van der Waals surface area contributed by atoms with Gasteiger partial charge in [0.25, 0.3) is 0 Å². The summed E-state index contributed by atoms with van der Waals surface area (Å²) in [5.74, 6) is -0.972. The summed E-state index contributed by atoms with van der Waals surface area (Å²) in [6.45, 7) is 2.67. The van der Waals surface area contributed by atoms with Gasteiger partial charge in [0, 0.05) is 19.6 Å². The summed E-state index contributed by atoms with van der Waals surface area (Å²) in [4.78, 5) is 17.5. The topological polar surface area (TPSA) is 53.4 Å². The molecule has 1 aliphatic heterocycles. The third-order valence-corrected chi connectivity index (χ3v) is 3.92. The van der Waals surface area contributed by atoms with Crippen LogP contribution in [0.4, 0.5) is 0 Å². The summed E-state index contributed by atoms with van der Waals surface area (Å²) < 4.78 is 0. The van der Waals surface area contributed by atoms with Gasteiger partial charge in [-0.2, -0.15) is 0 Å². The second-order valence-electron chi connectivity index (χ2n) is 5.36. The van der Waals surface area contributed by atoms with Crippen molar-refractivity contribution >= 4 is 5.97 Å². The maximum Gasteiger partial charge on any atom is 0.354 e. The van der Waals surface area contributed by atoms with Crippen LogP contribution in [0.25, 0.3) is 0 Å². The molecule has 108 valence electrons. The molecule has 0 fully saturated rings. The molecule has 0 radical (unpaired) electrons. The largest absolute Gasteiger partial charge is 0.477 e. The lowest BCUT2D eigenvalue weighted by Gasteiger charge is -2.19. The molecule has 0 spiro atoms. The van der Waals surface area contributed by atoms with Crippen molar-refractivity contribution in [2.45, 2.75) is 19.4 Å². The zero-order chi connectivity index (χ0) is 14.7. The highest BCUT2D eigenvalue weighted by Crippen LogP contribution is 2.16. The number of benzene rings is 1. The number of pyridine rings is 1. The molecule has 1 aliphatic rings. The van der Waals surface area contributed by atoms with Gasteiger partial charge in [0.15, 0.2) is 0 Å². The van der Waals surface area contributed by atoms with Gasteiger partial charge in [-0.25, -0.2) is 9.78 Å². The molecule has 2 heterocycles. The zero-order valence-electron chi connectivity index (χ0n) is 11.8. The quantitative estimate of drug-likeness (QED) is 0.939. The van der Waals surface area contributed by atoms with Gasteiger partial charge in [0.05, 0.1) is 5.69 Å². The third-order valence-electron chi connectivity index (χ3n) is 3.92. The van der Waals surface area contributed by atoms with Crippen LogP contribution < -0.4 is 0 Å². The molecule has 0 bridgehead atoms. The minimum absolute atomic E-state index is 0.116. The van der Waals surface area contributed by atoms with Crippen LogP contribution in [0.1, 0.15) is 27.3 Å². The third kappa shape index (κ3) is 3.28. The number of fused-ring (bicyclic) bond motifs is 1. The number of hydrogen-bond acceptors (Lipinski definition) is 3. The second-order valence-corrected chi connectivity index (χ2v) is 5.36. The van der Waals surface area contributed by atoms with Crippen LogP contribution in [0.3, 0.4) is 0 Å². The van der Waals surface area contributed by atoms with Crippen molar-refractivity contribution in [3.63, 3.8) is 0 Å². The Bertz CT molecular complexity index is 628. The molecule has 0 amide bonds. The maximum absolute atomic E-state index is 11.0. The first-order valence-electron chi connectivity index (χ1n) is 7.21. The molecule has 1 N–H and O–H groups in total. The van der Waals surface area contributed by atoms with Gasteiger partial charge in [0.2, 0.25) is 0 Å². The molecule has 21 heavy (non-hydrogen) atoms. The van der Waals surface area contributed by atoms with Gasteiger partial charge in [-0.3, -0.25) is 4.90 Å². The zero-order valence-corrected chi connectivity index (χ0v) is 11.8. The lowest BCUT2D eigenvalue weighted by Crippen LogP contribution is -2.26. The van der Waals surface area contributed by atoms with Crippen molar-refractivity contribution in [3.05, 3.63) is 65.0 Å². The maximum atomic E-state index is 11.0. The predicted octanol–water partition coefficient (Wildman–Crippen LogP) is 2.38. The van der Waals surface area contributed by atoms with Crippen molar-refractivity contribution in [1.82, 2.24) is 9.88 Å². The molecule has 1 aromatic carbocycles. The minimum Gasteiger partial charge on any atom is -0.477 e. The predicted molar refractivity (Wildman–Crippen MR) is 80.3 cm³/mol. The smallest absolute Gasteiger partial charge is 0.354 e. The lowest BCUT2D eigenvalue weighted by atomic mass is 10.0. The van der Waals surface area contributed by atoms with E-state index in [4.69, 9.17) is 5.11 Å². The van der Waals surface area contributed by atoms with Crippen LogP contribution in [0.5, 0.6) is 0 Å². The van der Waals surface area contributed by atoms with Crippen molar-refractivity contribution in [2.75, 3.05) is 13.1 Å². The summed E-state index contributed by atoms with van der Waals surface area (Å²) in [5, 5.41) is 9.00. The Kier molecular flexibility index (Phi) is 3.97. The molecule has 1 aromatic heterocycles. The molecule has 0 unspecified atom stereocenters. The SMILES string of the molecule is O=C(O)c1cccc(CN2CCc3ccccc3CC2)n1. The van der Waals surface area contributed by atoms with Gasteiger partial charge in [-0.15, -0.1) is 0 Å². The average molecular weight is 282 g/mol. The van der Waals surface area contributed by atoms with Crippen LogP contribution >= 0.6 is 0 Å². The van der Waals surface area contributed by atoms with Crippen LogP contribution in [0.2, 0.25) is 0 Å². The Morgan fingerprint density at radius 2 is 1.71 bits per heavy atom. The standard InChI is InChI=1S/C17H18N2O2/c20-17(21)16-7-3-6-15(18-16)12-19-10-8-13-4-1-2-5-14(13)9-11-19/h1-7H,8-12H2,(H,20,21). The first kappa shape index (κ1) is 13.8. The fourth-order valence-electron chi connectivity index (χ4n) is 2.79. The van der Waals surface area contributed by atoms with Crippen molar-refractivity contribution in [3.8, 4) is 0 Å². The molecule has 4 heteroatoms. The van der Waals surface area contributed by atoms with E-state index < -0.39 is 5.97 Å². The van der Waals surface area contributed by atoms with Crippen LogP contribution in [0, 0.1) is 0 Å². The summed E-state index contributed by atoms with van der Waals surface area (Å²) in [6, 6.07) is 13.8. The van der Waals surface area contributed by atoms with E-state index in [2.05, 4.69) is 34.1 Å². The van der Waals surface area contributed by atoms with E-state index >= 15 is 0 Å². The lowest BCUT2D eigenvalue weighted by molar-refractivity contribution is 0.0690. The number of hydrogen-bond donors (Lipinski definition) is 1. The Labute approximate surface area is 124 Å². The van der Waals surface area contributed by atoms with Gasteiger partial charge < -0.3 is 5.11 Å². The number of rotatable bonds is 3. The Hall–Kier alpha value is -2.20. The number of carbonyl (C=O) groups is 1. The van der Waals surface area contributed by atoms with Crippen LogP contribution in [0.15, 0.2) is 42.5 Å². The summed E-state index contributed by atoms with van der Waals surface area (Å²) >= 11 is 0. The van der Waals surface area contributed by atoms with E-state index in [1.165, 1.54) is 17.2 Å². The fourth-order valence-corrected chi connectivity index (χ4v) is 2.79. The highest BCUT2D eigenvalue weighted by molar-refractivity contribution is 5.85. The van der Waals surface area contributed by atoms with Crippen LogP contribution in [-0.4, -0.2) is 34.0 Å². The van der Waals surface area contributed by atoms with Crippen molar-refractivity contribution < 1.29 is 9.90 Å². The highest BCUT2D eigenvalue weighted by Gasteiger charge is 2.14. The minimum atomic E-state index is -0.972. The first-order chi connectivity index (χ1) is 10.2. The molecular formula is C17H18N2O2. The second kappa shape index (κ2) is 6.06. The normalized spacial score (nSPS) is 15.2. The summed E-state index contributed by atoms with van der Waals surface area (Å²) in [5.41, 5.74) is 3.78. The summed E-state index contributed by atoms with van der Waals surface area (Å²) in [7, 11) is 0. The number of carboxylic acids is 1. The van der Waals surface area contributed by atoms with E-state index in [1.54, 1.807) is 6.07 Å². The first-order valence-corrected chi connectivity index (χ1v) is 7.21. The number of carboxylic acid groups (broad SMARTS) is 1. The Balaban J connectivity index is 1.70. The van der Waals surface area contributed by atoms with Crippen LogP contribution in [-0.2, 0) is 19.4 Å². The Morgan fingerprint density at radius 3 is 2.33 bits per heavy atom. The molecule has 0 aliphatic carbocycles. The highest BCUT2D eigenvalue weighted by atomic mass is 16.4. The van der Waals surface area contributed by atoms with Gasteiger partial charge in [-0.05, 0) is 36.1 Å². The van der Waals surface area contributed by atoms with Crippen molar-refractivity contribution in [1.29, 1.82) is 0 Å². The molecular weight excluding hydrogens is 264 g/mol. The molecule has 0 atom stereocenters. The van der Waals surface area contributed by atoms with E-state index in [9.17, 15) is 4.79 Å². The summed E-state index contributed by atoms with van der Waals surface area (Å²) in [6.07, 6.45) is 2.07. The van der Waals surface area contributed by atoms with E-state index in [0.29, 0.717) is 6.54 Å². The molecule has 2 aromatic rings. The van der Waals surface area contributed by atoms with Gasteiger partial charge in [0.1, 0.15) is 5.69 Å². The monoisotopic (exact) mass is 282 g/mol. The van der Waals surface area contributed by atoms with E-state index in [1.807, 2.05) is 6.07 Å².